The van der Waals surface area contributed by atoms with E-state index >= 15 is 0 Å². The fraction of sp³-hybridized carbons (Fsp3) is 0.529. The summed E-state index contributed by atoms with van der Waals surface area (Å²) in [5.41, 5.74) is 0.638. The summed E-state index contributed by atoms with van der Waals surface area (Å²) < 4.78 is 0. The van der Waals surface area contributed by atoms with Gasteiger partial charge in [0.05, 0.1) is 5.92 Å². The molecular formula is C17H23Cl3N4O2. The lowest BCUT2D eigenvalue weighted by Gasteiger charge is -2.27. The molecule has 26 heavy (non-hydrogen) atoms. The molecule has 1 atom stereocenters. The number of hydrogen-bond acceptors (Lipinski definition) is 4. The highest BCUT2D eigenvalue weighted by molar-refractivity contribution is 6.35. The first-order valence-corrected chi connectivity index (χ1v) is 9.26. The van der Waals surface area contributed by atoms with Crippen LogP contribution in [-0.4, -0.2) is 62.5 Å². The summed E-state index contributed by atoms with van der Waals surface area (Å²) in [4.78, 5) is 28.5. The zero-order valence-electron chi connectivity index (χ0n) is 14.3. The van der Waals surface area contributed by atoms with Crippen LogP contribution in [0.4, 0.5) is 5.69 Å². The highest BCUT2D eigenvalue weighted by atomic mass is 35.5. The van der Waals surface area contributed by atoms with Crippen LogP contribution in [0.1, 0.15) is 6.42 Å². The lowest BCUT2D eigenvalue weighted by Crippen LogP contribution is -2.46. The maximum atomic E-state index is 12.4. The van der Waals surface area contributed by atoms with Crippen molar-refractivity contribution in [2.75, 3.05) is 50.7 Å². The van der Waals surface area contributed by atoms with E-state index in [9.17, 15) is 9.59 Å². The first-order valence-electron chi connectivity index (χ1n) is 8.50. The van der Waals surface area contributed by atoms with Crippen LogP contribution in [0.25, 0.3) is 0 Å². The number of nitrogens with zero attached hydrogens (tertiary/aromatic N) is 2. The number of nitrogens with one attached hydrogen (secondary N) is 2. The molecule has 1 aromatic rings. The third kappa shape index (κ3) is 5.47. The van der Waals surface area contributed by atoms with Gasteiger partial charge in [-0.15, -0.1) is 12.4 Å². The van der Waals surface area contributed by atoms with E-state index in [2.05, 4.69) is 15.5 Å². The van der Waals surface area contributed by atoms with Gasteiger partial charge in [0.1, 0.15) is 0 Å². The normalized spacial score (nSPS) is 20.8. The topological polar surface area (TPSA) is 64.7 Å². The maximum Gasteiger partial charge on any atom is 0.227 e. The second-order valence-electron chi connectivity index (χ2n) is 6.42. The summed E-state index contributed by atoms with van der Waals surface area (Å²) in [5, 5.41) is 7.20. The minimum atomic E-state index is -0.340. The minimum absolute atomic E-state index is 0. The number of benzene rings is 1. The predicted octanol–water partition coefficient (Wildman–Crippen LogP) is 1.79. The van der Waals surface area contributed by atoms with E-state index in [0.717, 1.165) is 32.7 Å². The van der Waals surface area contributed by atoms with Gasteiger partial charge in [-0.2, -0.15) is 0 Å². The fourth-order valence-electron chi connectivity index (χ4n) is 3.24. The van der Waals surface area contributed by atoms with Crippen molar-refractivity contribution in [3.63, 3.8) is 0 Å². The molecule has 1 unspecified atom stereocenters. The Labute approximate surface area is 169 Å². The molecule has 2 heterocycles. The van der Waals surface area contributed by atoms with Gasteiger partial charge < -0.3 is 15.5 Å². The molecule has 6 nitrogen and oxygen atoms in total. The van der Waals surface area contributed by atoms with Crippen LogP contribution in [0.15, 0.2) is 18.2 Å². The number of amides is 2. The smallest absolute Gasteiger partial charge is 0.227 e. The van der Waals surface area contributed by atoms with Crippen molar-refractivity contribution in [3.8, 4) is 0 Å². The van der Waals surface area contributed by atoms with Crippen LogP contribution in [0.5, 0.6) is 0 Å². The van der Waals surface area contributed by atoms with Gasteiger partial charge in [0.15, 0.2) is 0 Å². The summed E-state index contributed by atoms with van der Waals surface area (Å²) in [7, 11) is 0. The number of piperazine rings is 1. The van der Waals surface area contributed by atoms with Gasteiger partial charge in [-0.3, -0.25) is 14.5 Å². The Balaban J connectivity index is 0.00000243. The molecule has 2 aliphatic rings. The monoisotopic (exact) mass is 420 g/mol. The Kier molecular flexibility index (Phi) is 7.98. The number of rotatable bonds is 5. The van der Waals surface area contributed by atoms with E-state index in [-0.39, 0.29) is 36.6 Å². The molecule has 2 aliphatic heterocycles. The molecular weight excluding hydrogens is 399 g/mol. The highest BCUT2D eigenvalue weighted by Gasteiger charge is 2.35. The van der Waals surface area contributed by atoms with Crippen LogP contribution >= 0.6 is 35.6 Å². The number of carbonyl (C=O) groups is 2. The summed E-state index contributed by atoms with van der Waals surface area (Å²) in [6, 6.07) is 5.00. The van der Waals surface area contributed by atoms with Crippen molar-refractivity contribution in [1.29, 1.82) is 0 Å². The lowest BCUT2D eigenvalue weighted by molar-refractivity contribution is -0.126. The van der Waals surface area contributed by atoms with Crippen molar-refractivity contribution in [2.24, 2.45) is 5.92 Å². The third-order valence-electron chi connectivity index (χ3n) is 4.59. The Morgan fingerprint density at radius 3 is 2.50 bits per heavy atom. The molecule has 9 heteroatoms. The average molecular weight is 422 g/mol. The second kappa shape index (κ2) is 9.76. The molecule has 3 rings (SSSR count). The first kappa shape index (κ1) is 21.3. The number of anilines is 1. The van der Waals surface area contributed by atoms with E-state index in [1.165, 1.54) is 0 Å². The van der Waals surface area contributed by atoms with Crippen molar-refractivity contribution in [3.05, 3.63) is 28.2 Å². The van der Waals surface area contributed by atoms with Gasteiger partial charge in [0.2, 0.25) is 11.8 Å². The zero-order valence-corrected chi connectivity index (χ0v) is 16.7. The number of halogens is 3. The number of carbonyl (C=O) groups excluding carboxylic acids is 2. The van der Waals surface area contributed by atoms with Gasteiger partial charge in [0, 0.05) is 68.0 Å². The van der Waals surface area contributed by atoms with Crippen LogP contribution in [0.3, 0.4) is 0 Å². The van der Waals surface area contributed by atoms with E-state index in [4.69, 9.17) is 23.2 Å². The van der Waals surface area contributed by atoms with E-state index in [1.54, 1.807) is 23.1 Å². The van der Waals surface area contributed by atoms with Gasteiger partial charge in [-0.05, 0) is 18.2 Å². The Hall–Kier alpha value is -1.05. The van der Waals surface area contributed by atoms with Gasteiger partial charge in [-0.1, -0.05) is 23.2 Å². The van der Waals surface area contributed by atoms with E-state index in [0.29, 0.717) is 28.8 Å². The quantitative estimate of drug-likeness (QED) is 0.761. The molecule has 1 aromatic carbocycles. The average Bonchev–Trinajstić information content (AvgIpc) is 2.97. The van der Waals surface area contributed by atoms with Crippen LogP contribution < -0.4 is 15.5 Å². The highest BCUT2D eigenvalue weighted by Crippen LogP contribution is 2.30. The van der Waals surface area contributed by atoms with Gasteiger partial charge in [-0.25, -0.2) is 0 Å². The van der Waals surface area contributed by atoms with Crippen LogP contribution in [-0.2, 0) is 9.59 Å². The van der Waals surface area contributed by atoms with Crippen molar-refractivity contribution in [2.45, 2.75) is 6.42 Å². The second-order valence-corrected chi connectivity index (χ2v) is 7.29. The van der Waals surface area contributed by atoms with Crippen LogP contribution in [0.2, 0.25) is 10.0 Å². The minimum Gasteiger partial charge on any atom is -0.355 e. The molecule has 2 saturated heterocycles. The largest absolute Gasteiger partial charge is 0.355 e. The molecule has 144 valence electrons. The summed E-state index contributed by atoms with van der Waals surface area (Å²) in [6.07, 6.45) is 0.212. The Morgan fingerprint density at radius 1 is 1.19 bits per heavy atom. The van der Waals surface area contributed by atoms with E-state index < -0.39 is 0 Å². The van der Waals surface area contributed by atoms with Crippen molar-refractivity contribution >= 4 is 53.1 Å². The molecule has 0 aromatic heterocycles. The summed E-state index contributed by atoms with van der Waals surface area (Å²) >= 11 is 12.0. The fourth-order valence-corrected chi connectivity index (χ4v) is 3.76. The Morgan fingerprint density at radius 2 is 1.85 bits per heavy atom. The lowest BCUT2D eigenvalue weighted by atomic mass is 10.1. The number of hydrogen-bond donors (Lipinski definition) is 2. The molecule has 2 N–H and O–H groups in total. The van der Waals surface area contributed by atoms with Crippen molar-refractivity contribution in [1.82, 2.24) is 15.5 Å². The van der Waals surface area contributed by atoms with Crippen molar-refractivity contribution < 1.29 is 9.59 Å². The molecule has 0 aliphatic carbocycles. The third-order valence-corrected chi connectivity index (χ3v) is 5.03. The molecule has 0 bridgehead atoms. The molecule has 0 saturated carbocycles. The Bertz CT molecular complexity index is 633. The first-order chi connectivity index (χ1) is 12.0. The molecule has 2 fully saturated rings. The molecule has 0 spiro atoms. The van der Waals surface area contributed by atoms with E-state index in [1.807, 2.05) is 0 Å². The summed E-state index contributed by atoms with van der Waals surface area (Å²) in [6.45, 7) is 5.77. The standard InChI is InChI=1S/C17H22Cl2N4O2.ClH/c18-13-8-14(19)10-15(9-13)23-11-12(7-16(23)24)17(25)21-3-6-22-4-1-20-2-5-22;/h8-10,12,20H,1-7,11H2,(H,21,25);1H. The predicted molar refractivity (Wildman–Crippen MR) is 106 cm³/mol. The molecule has 2 amide bonds. The van der Waals surface area contributed by atoms with Crippen LogP contribution in [0, 0.1) is 5.92 Å². The van der Waals surface area contributed by atoms with Gasteiger partial charge in [0.25, 0.3) is 0 Å². The molecule has 0 radical (unpaired) electrons. The summed E-state index contributed by atoms with van der Waals surface area (Å²) in [5.74, 6) is -0.493. The maximum absolute atomic E-state index is 12.4. The SMILES string of the molecule is Cl.O=C(NCCN1CCNCC1)C1CC(=O)N(c2cc(Cl)cc(Cl)c2)C1. The van der Waals surface area contributed by atoms with Gasteiger partial charge >= 0.3 is 0 Å². The zero-order chi connectivity index (χ0) is 17.8.